The van der Waals surface area contributed by atoms with Gasteiger partial charge in [-0.1, -0.05) is 39.0 Å². The number of unbranched alkanes of at least 4 members (excludes halogenated alkanes) is 1. The molecule has 0 bridgehead atoms. The Labute approximate surface area is 111 Å². The molecule has 0 aromatic rings. The van der Waals surface area contributed by atoms with Crippen LogP contribution in [0.1, 0.15) is 71.1 Å². The summed E-state index contributed by atoms with van der Waals surface area (Å²) >= 11 is 0. The molecule has 0 spiro atoms. The lowest BCUT2D eigenvalue weighted by Crippen LogP contribution is -2.32. The molecule has 0 nitrogen and oxygen atoms in total. The van der Waals surface area contributed by atoms with E-state index in [1.807, 2.05) is 0 Å². The normalized spacial score (nSPS) is 41.8. The van der Waals surface area contributed by atoms with Crippen molar-refractivity contribution in [3.8, 4) is 0 Å². The molecule has 0 aliphatic heterocycles. The smallest absolute Gasteiger partial charge is 0.131 e. The van der Waals surface area contributed by atoms with Gasteiger partial charge in [0.25, 0.3) is 0 Å². The van der Waals surface area contributed by atoms with E-state index in [0.717, 1.165) is 12.3 Å². The molecular weight excluding hydrogens is 230 g/mol. The summed E-state index contributed by atoms with van der Waals surface area (Å²) < 4.78 is 26.6. The minimum atomic E-state index is -1.18. The van der Waals surface area contributed by atoms with Crippen molar-refractivity contribution in [3.63, 3.8) is 0 Å². The molecule has 0 amide bonds. The van der Waals surface area contributed by atoms with Gasteiger partial charge in [0.05, 0.1) is 0 Å². The first-order chi connectivity index (χ1) is 8.70. The summed E-state index contributed by atoms with van der Waals surface area (Å²) in [7, 11) is 0. The second kappa shape index (κ2) is 6.86. The number of hydrogen-bond donors (Lipinski definition) is 0. The Hall–Kier alpha value is -0.140. The predicted octanol–water partition coefficient (Wildman–Crippen LogP) is 5.46. The van der Waals surface area contributed by atoms with E-state index < -0.39 is 12.3 Å². The molecule has 0 N–H and O–H groups in total. The van der Waals surface area contributed by atoms with E-state index >= 15 is 0 Å². The molecule has 18 heavy (non-hydrogen) atoms. The monoisotopic (exact) mass is 258 g/mol. The number of rotatable bonds is 4. The molecule has 0 radical (unpaired) electrons. The third-order valence-corrected chi connectivity index (χ3v) is 5.26. The highest BCUT2D eigenvalue weighted by atomic mass is 19.2. The molecule has 0 aromatic carbocycles. The summed E-state index contributed by atoms with van der Waals surface area (Å²) in [5.74, 6) is 2.08. The second-order valence-electron chi connectivity index (χ2n) is 6.53. The summed E-state index contributed by atoms with van der Waals surface area (Å²) in [6, 6.07) is 0. The van der Waals surface area contributed by atoms with E-state index in [4.69, 9.17) is 0 Å². The zero-order valence-corrected chi connectivity index (χ0v) is 11.7. The zero-order valence-electron chi connectivity index (χ0n) is 11.7. The Morgan fingerprint density at radius 3 is 2.11 bits per heavy atom. The fourth-order valence-corrected chi connectivity index (χ4v) is 3.98. The van der Waals surface area contributed by atoms with Gasteiger partial charge < -0.3 is 0 Å². The molecule has 2 aliphatic carbocycles. The Bertz CT molecular complexity index is 233. The molecule has 3 atom stereocenters. The maximum Gasteiger partial charge on any atom is 0.131 e. The molecule has 2 fully saturated rings. The molecular formula is C16H28F2. The summed E-state index contributed by atoms with van der Waals surface area (Å²) in [6.45, 7) is 2.25. The van der Waals surface area contributed by atoms with Gasteiger partial charge in [-0.3, -0.25) is 0 Å². The number of hydrogen-bond acceptors (Lipinski definition) is 0. The third kappa shape index (κ3) is 3.68. The van der Waals surface area contributed by atoms with Gasteiger partial charge in [0, 0.05) is 0 Å². The van der Waals surface area contributed by atoms with Gasteiger partial charge >= 0.3 is 0 Å². The Morgan fingerprint density at radius 1 is 0.833 bits per heavy atom. The molecule has 0 aromatic heterocycles. The first-order valence-electron chi connectivity index (χ1n) is 7.98. The van der Waals surface area contributed by atoms with E-state index in [2.05, 4.69) is 6.92 Å². The van der Waals surface area contributed by atoms with Gasteiger partial charge in [-0.25, -0.2) is 8.78 Å². The van der Waals surface area contributed by atoms with Gasteiger partial charge in [0.15, 0.2) is 0 Å². The van der Waals surface area contributed by atoms with Gasteiger partial charge in [-0.15, -0.1) is 0 Å². The van der Waals surface area contributed by atoms with Crippen LogP contribution in [0.15, 0.2) is 0 Å². The summed E-state index contributed by atoms with van der Waals surface area (Å²) in [5.41, 5.74) is 0. The van der Waals surface area contributed by atoms with Crippen LogP contribution in [0.4, 0.5) is 8.78 Å². The predicted molar refractivity (Wildman–Crippen MR) is 72.1 cm³/mol. The van der Waals surface area contributed by atoms with E-state index in [0.29, 0.717) is 24.7 Å². The highest BCUT2D eigenvalue weighted by Gasteiger charge is 2.35. The van der Waals surface area contributed by atoms with Crippen LogP contribution in [-0.4, -0.2) is 12.3 Å². The summed E-state index contributed by atoms with van der Waals surface area (Å²) in [5, 5.41) is 0. The summed E-state index contributed by atoms with van der Waals surface area (Å²) in [6.07, 6.45) is 8.74. The Kier molecular flexibility index (Phi) is 5.44. The molecule has 0 heterocycles. The van der Waals surface area contributed by atoms with Crippen molar-refractivity contribution in [1.82, 2.24) is 0 Å². The number of alkyl halides is 2. The van der Waals surface area contributed by atoms with E-state index in [1.165, 1.54) is 44.9 Å². The van der Waals surface area contributed by atoms with Crippen LogP contribution in [0.25, 0.3) is 0 Å². The van der Waals surface area contributed by atoms with Gasteiger partial charge in [-0.2, -0.15) is 0 Å². The standard InChI is InChI=1S/C16H28F2/c1-2-3-4-12-5-7-13(8-6-12)14-9-10-15(17)16(18)11-14/h12-16H,2-11H2,1H3. The fraction of sp³-hybridized carbons (Fsp3) is 1.00. The first-order valence-corrected chi connectivity index (χ1v) is 7.98. The Balaban J connectivity index is 1.72. The van der Waals surface area contributed by atoms with Crippen molar-refractivity contribution in [2.75, 3.05) is 0 Å². The van der Waals surface area contributed by atoms with Crippen LogP contribution in [0.5, 0.6) is 0 Å². The van der Waals surface area contributed by atoms with Gasteiger partial charge in [0.1, 0.15) is 12.3 Å². The van der Waals surface area contributed by atoms with Crippen LogP contribution >= 0.6 is 0 Å². The average molecular weight is 258 g/mol. The van der Waals surface area contributed by atoms with Crippen molar-refractivity contribution in [2.24, 2.45) is 17.8 Å². The molecule has 2 aliphatic rings. The third-order valence-electron chi connectivity index (χ3n) is 5.26. The SMILES string of the molecule is CCCCC1CCC(C2CCC(F)C(F)C2)CC1. The van der Waals surface area contributed by atoms with Crippen molar-refractivity contribution < 1.29 is 8.78 Å². The lowest BCUT2D eigenvalue weighted by molar-refractivity contribution is 0.0544. The quantitative estimate of drug-likeness (QED) is 0.628. The van der Waals surface area contributed by atoms with Crippen LogP contribution in [-0.2, 0) is 0 Å². The van der Waals surface area contributed by atoms with E-state index in [-0.39, 0.29) is 0 Å². The largest absolute Gasteiger partial charge is 0.244 e. The lowest BCUT2D eigenvalue weighted by atomic mass is 9.70. The van der Waals surface area contributed by atoms with Crippen LogP contribution in [0.3, 0.4) is 0 Å². The maximum absolute atomic E-state index is 13.5. The van der Waals surface area contributed by atoms with Crippen LogP contribution in [0, 0.1) is 17.8 Å². The molecule has 0 saturated heterocycles. The van der Waals surface area contributed by atoms with Crippen molar-refractivity contribution in [3.05, 3.63) is 0 Å². The average Bonchev–Trinajstić information content (AvgIpc) is 2.40. The second-order valence-corrected chi connectivity index (χ2v) is 6.53. The molecule has 2 heteroatoms. The van der Waals surface area contributed by atoms with Crippen molar-refractivity contribution in [2.45, 2.75) is 83.5 Å². The first kappa shape index (κ1) is 14.3. The van der Waals surface area contributed by atoms with Crippen LogP contribution < -0.4 is 0 Å². The highest BCUT2D eigenvalue weighted by Crippen LogP contribution is 2.42. The van der Waals surface area contributed by atoms with E-state index in [1.54, 1.807) is 0 Å². The minimum absolute atomic E-state index is 0.460. The van der Waals surface area contributed by atoms with Gasteiger partial charge in [-0.05, 0) is 49.9 Å². The molecule has 106 valence electrons. The lowest BCUT2D eigenvalue weighted by Gasteiger charge is -2.37. The number of halogens is 2. The van der Waals surface area contributed by atoms with Crippen molar-refractivity contribution >= 4 is 0 Å². The molecule has 3 unspecified atom stereocenters. The van der Waals surface area contributed by atoms with Crippen LogP contribution in [0.2, 0.25) is 0 Å². The summed E-state index contributed by atoms with van der Waals surface area (Å²) in [4.78, 5) is 0. The fourth-order valence-electron chi connectivity index (χ4n) is 3.98. The maximum atomic E-state index is 13.5. The Morgan fingerprint density at radius 2 is 1.50 bits per heavy atom. The molecule has 2 saturated carbocycles. The van der Waals surface area contributed by atoms with Crippen molar-refractivity contribution in [1.29, 1.82) is 0 Å². The van der Waals surface area contributed by atoms with Gasteiger partial charge in [0.2, 0.25) is 0 Å². The topological polar surface area (TPSA) is 0 Å². The minimum Gasteiger partial charge on any atom is -0.244 e. The zero-order chi connectivity index (χ0) is 13.0. The van der Waals surface area contributed by atoms with E-state index in [9.17, 15) is 8.78 Å². The highest BCUT2D eigenvalue weighted by molar-refractivity contribution is 4.86. The molecule has 2 rings (SSSR count).